The number of nitrogens with zero attached hydrogens (tertiary/aromatic N) is 2. The van der Waals surface area contributed by atoms with Crippen LogP contribution < -0.4 is 20.3 Å². The van der Waals surface area contributed by atoms with Gasteiger partial charge in [-0.2, -0.15) is 10.2 Å². The Hall–Kier alpha value is -4.46. The molecule has 0 unspecified atom stereocenters. The molecule has 3 aromatic rings. The number of hydrazone groups is 2. The number of hydrogen-bond acceptors (Lipinski definition) is 6. The highest BCUT2D eigenvalue weighted by Crippen LogP contribution is 2.17. The van der Waals surface area contributed by atoms with Crippen molar-refractivity contribution in [3.8, 4) is 11.5 Å². The molecule has 0 aliphatic carbocycles. The molecule has 0 bridgehead atoms. The number of rotatable bonds is 10. The van der Waals surface area contributed by atoms with Crippen LogP contribution in [-0.2, 0) is 9.59 Å². The van der Waals surface area contributed by atoms with Gasteiger partial charge >= 0.3 is 0 Å². The fraction of sp³-hybridized carbons (Fsp3) is 0.154. The van der Waals surface area contributed by atoms with Gasteiger partial charge in [-0.25, -0.2) is 10.9 Å². The van der Waals surface area contributed by atoms with Crippen molar-refractivity contribution in [1.29, 1.82) is 0 Å². The van der Waals surface area contributed by atoms with Gasteiger partial charge in [-0.1, -0.05) is 59.7 Å². The summed E-state index contributed by atoms with van der Waals surface area (Å²) in [6.07, 6.45) is 3.13. The first-order valence-corrected chi connectivity index (χ1v) is 10.6. The minimum Gasteiger partial charge on any atom is -0.484 e. The van der Waals surface area contributed by atoms with Crippen LogP contribution >= 0.6 is 0 Å². The first-order valence-electron chi connectivity index (χ1n) is 10.6. The Kier molecular flexibility index (Phi) is 8.92. The minimum absolute atomic E-state index is 0.188. The summed E-state index contributed by atoms with van der Waals surface area (Å²) in [6, 6.07) is 22.1. The zero-order valence-corrected chi connectivity index (χ0v) is 19.0. The standard InChI is InChI=1S/C26H26N4O4/c1-19-3-7-21(8-4-19)15-27-29-25(31)17-33-23-11-13-24(14-12-23)34-18-26(32)30-28-16-22-9-5-20(2)6-10-22/h3-16H,17-18H2,1-2H3,(H,29,31)(H,30,32)/b27-15-,28-16-. The van der Waals surface area contributed by atoms with E-state index >= 15 is 0 Å². The van der Waals surface area contributed by atoms with Crippen molar-refractivity contribution in [2.75, 3.05) is 13.2 Å². The Labute approximate surface area is 198 Å². The van der Waals surface area contributed by atoms with Crippen LogP contribution in [0.1, 0.15) is 22.3 Å². The average Bonchev–Trinajstić information content (AvgIpc) is 2.84. The van der Waals surface area contributed by atoms with E-state index in [0.29, 0.717) is 11.5 Å². The van der Waals surface area contributed by atoms with E-state index in [1.165, 1.54) is 0 Å². The van der Waals surface area contributed by atoms with Gasteiger partial charge in [-0.05, 0) is 49.2 Å². The first-order chi connectivity index (χ1) is 16.5. The van der Waals surface area contributed by atoms with E-state index in [0.717, 1.165) is 22.3 Å². The highest BCUT2D eigenvalue weighted by atomic mass is 16.5. The highest BCUT2D eigenvalue weighted by molar-refractivity contribution is 5.83. The van der Waals surface area contributed by atoms with E-state index in [4.69, 9.17) is 9.47 Å². The third-order valence-corrected chi connectivity index (χ3v) is 4.52. The molecule has 0 aliphatic heterocycles. The summed E-state index contributed by atoms with van der Waals surface area (Å²) in [4.78, 5) is 23.7. The van der Waals surface area contributed by atoms with Crippen LogP contribution in [0.2, 0.25) is 0 Å². The fourth-order valence-corrected chi connectivity index (χ4v) is 2.66. The molecule has 0 spiro atoms. The summed E-state index contributed by atoms with van der Waals surface area (Å²) in [5, 5.41) is 7.82. The lowest BCUT2D eigenvalue weighted by Gasteiger charge is -2.07. The number of aryl methyl sites for hydroxylation is 2. The van der Waals surface area contributed by atoms with Crippen molar-refractivity contribution in [3.63, 3.8) is 0 Å². The Morgan fingerprint density at radius 3 is 1.35 bits per heavy atom. The Morgan fingerprint density at radius 2 is 1.00 bits per heavy atom. The monoisotopic (exact) mass is 458 g/mol. The van der Waals surface area contributed by atoms with Crippen LogP contribution in [0.15, 0.2) is 83.0 Å². The van der Waals surface area contributed by atoms with E-state index in [-0.39, 0.29) is 25.0 Å². The van der Waals surface area contributed by atoms with Crippen LogP contribution in [0.3, 0.4) is 0 Å². The van der Waals surface area contributed by atoms with Gasteiger partial charge in [0.05, 0.1) is 12.4 Å². The molecule has 34 heavy (non-hydrogen) atoms. The van der Waals surface area contributed by atoms with E-state index < -0.39 is 0 Å². The molecule has 8 heteroatoms. The molecule has 0 saturated carbocycles. The van der Waals surface area contributed by atoms with Crippen LogP contribution in [0.4, 0.5) is 0 Å². The van der Waals surface area contributed by atoms with Crippen molar-refractivity contribution in [2.45, 2.75) is 13.8 Å². The molecule has 0 aromatic heterocycles. The molecule has 3 aromatic carbocycles. The molecule has 0 heterocycles. The SMILES string of the molecule is Cc1ccc(/C=N\NC(=O)COc2ccc(OCC(=O)N/N=C\c3ccc(C)cc3)cc2)cc1. The third-order valence-electron chi connectivity index (χ3n) is 4.52. The van der Waals surface area contributed by atoms with Gasteiger partial charge in [0.25, 0.3) is 11.8 Å². The van der Waals surface area contributed by atoms with E-state index in [1.807, 2.05) is 62.4 Å². The molecule has 8 nitrogen and oxygen atoms in total. The number of amides is 2. The summed E-state index contributed by atoms with van der Waals surface area (Å²) in [6.45, 7) is 3.62. The van der Waals surface area contributed by atoms with Gasteiger partial charge < -0.3 is 9.47 Å². The van der Waals surface area contributed by atoms with Gasteiger partial charge in [0.1, 0.15) is 11.5 Å². The maximum absolute atomic E-state index is 11.9. The van der Waals surface area contributed by atoms with Gasteiger partial charge in [-0.15, -0.1) is 0 Å². The largest absolute Gasteiger partial charge is 0.484 e. The molecule has 0 aliphatic rings. The lowest BCUT2D eigenvalue weighted by Crippen LogP contribution is -2.25. The van der Waals surface area contributed by atoms with Crippen LogP contribution in [0.5, 0.6) is 11.5 Å². The summed E-state index contributed by atoms with van der Waals surface area (Å²) in [5.41, 5.74) is 8.90. The zero-order valence-electron chi connectivity index (χ0n) is 19.0. The zero-order chi connectivity index (χ0) is 24.2. The molecule has 174 valence electrons. The predicted molar refractivity (Wildman–Crippen MR) is 131 cm³/mol. The van der Waals surface area contributed by atoms with E-state index in [2.05, 4.69) is 21.1 Å². The Morgan fingerprint density at radius 1 is 0.647 bits per heavy atom. The number of hydrogen-bond donors (Lipinski definition) is 2. The van der Waals surface area contributed by atoms with Crippen molar-refractivity contribution in [3.05, 3.63) is 95.1 Å². The molecular formula is C26H26N4O4. The number of ether oxygens (including phenoxy) is 2. The van der Waals surface area contributed by atoms with Gasteiger partial charge in [-0.3, -0.25) is 9.59 Å². The van der Waals surface area contributed by atoms with Crippen LogP contribution in [0.25, 0.3) is 0 Å². The number of carbonyl (C=O) groups is 2. The molecule has 0 saturated heterocycles. The molecule has 0 atom stereocenters. The second kappa shape index (κ2) is 12.5. The number of carbonyl (C=O) groups excluding carboxylic acids is 2. The maximum Gasteiger partial charge on any atom is 0.277 e. The van der Waals surface area contributed by atoms with Crippen LogP contribution in [-0.4, -0.2) is 37.5 Å². The Bertz CT molecular complexity index is 1050. The molecule has 3 rings (SSSR count). The van der Waals surface area contributed by atoms with Gasteiger partial charge in [0.15, 0.2) is 13.2 Å². The van der Waals surface area contributed by atoms with Crippen molar-refractivity contribution in [2.24, 2.45) is 10.2 Å². The first kappa shape index (κ1) is 24.2. The molecule has 2 amide bonds. The fourth-order valence-electron chi connectivity index (χ4n) is 2.66. The highest BCUT2D eigenvalue weighted by Gasteiger charge is 2.04. The smallest absolute Gasteiger partial charge is 0.277 e. The second-order valence-corrected chi connectivity index (χ2v) is 7.46. The van der Waals surface area contributed by atoms with E-state index in [9.17, 15) is 9.59 Å². The normalized spacial score (nSPS) is 10.9. The summed E-state index contributed by atoms with van der Waals surface area (Å²) in [5.74, 6) is 0.201. The summed E-state index contributed by atoms with van der Waals surface area (Å²) < 4.78 is 10.9. The minimum atomic E-state index is -0.383. The number of nitrogens with one attached hydrogen (secondary N) is 2. The molecule has 2 N–H and O–H groups in total. The summed E-state index contributed by atoms with van der Waals surface area (Å²) >= 11 is 0. The van der Waals surface area contributed by atoms with Crippen molar-refractivity contribution in [1.82, 2.24) is 10.9 Å². The number of benzene rings is 3. The average molecular weight is 459 g/mol. The van der Waals surface area contributed by atoms with Gasteiger partial charge in [0.2, 0.25) is 0 Å². The lowest BCUT2D eigenvalue weighted by atomic mass is 10.2. The van der Waals surface area contributed by atoms with Crippen LogP contribution in [0, 0.1) is 13.8 Å². The Balaban J connectivity index is 1.34. The maximum atomic E-state index is 11.9. The topological polar surface area (TPSA) is 101 Å². The quantitative estimate of drug-likeness (QED) is 0.359. The molecule has 0 radical (unpaired) electrons. The van der Waals surface area contributed by atoms with E-state index in [1.54, 1.807) is 36.7 Å². The van der Waals surface area contributed by atoms with Crippen molar-refractivity contribution < 1.29 is 19.1 Å². The van der Waals surface area contributed by atoms with Crippen molar-refractivity contribution >= 4 is 24.2 Å². The third kappa shape index (κ3) is 8.58. The molecule has 0 fully saturated rings. The molecular weight excluding hydrogens is 432 g/mol. The lowest BCUT2D eigenvalue weighted by molar-refractivity contribution is -0.123. The predicted octanol–water partition coefficient (Wildman–Crippen LogP) is 3.36. The summed E-state index contributed by atoms with van der Waals surface area (Å²) in [7, 11) is 0. The van der Waals surface area contributed by atoms with Gasteiger partial charge in [0, 0.05) is 0 Å². The second-order valence-electron chi connectivity index (χ2n) is 7.46.